The molecule has 2 rings (SSSR count). The van der Waals surface area contributed by atoms with Gasteiger partial charge in [-0.25, -0.2) is 9.97 Å². The van der Waals surface area contributed by atoms with E-state index in [2.05, 4.69) is 21.9 Å². The molecular formula is C14H21N3O2. The first-order valence-electron chi connectivity index (χ1n) is 6.79. The highest BCUT2D eigenvalue weighted by Crippen LogP contribution is 2.26. The summed E-state index contributed by atoms with van der Waals surface area (Å²) in [6.45, 7) is 4.14. The van der Waals surface area contributed by atoms with Gasteiger partial charge < -0.3 is 10.0 Å². The van der Waals surface area contributed by atoms with Gasteiger partial charge in [-0.15, -0.1) is 0 Å². The molecule has 0 spiro atoms. The maximum absolute atomic E-state index is 10.6. The number of nitrogens with zero attached hydrogens (tertiary/aromatic N) is 3. The summed E-state index contributed by atoms with van der Waals surface area (Å²) in [6.07, 6.45) is 2.74. The van der Waals surface area contributed by atoms with Crippen LogP contribution in [0, 0.1) is 6.92 Å². The van der Waals surface area contributed by atoms with Gasteiger partial charge in [0.15, 0.2) is 0 Å². The second-order valence-electron chi connectivity index (χ2n) is 5.32. The largest absolute Gasteiger partial charge is 0.481 e. The van der Waals surface area contributed by atoms with Crippen molar-refractivity contribution in [2.75, 3.05) is 20.1 Å². The number of hydrogen-bond donors (Lipinski definition) is 1. The zero-order valence-corrected chi connectivity index (χ0v) is 11.6. The average molecular weight is 263 g/mol. The second-order valence-corrected chi connectivity index (χ2v) is 5.32. The second kappa shape index (κ2) is 6.10. The van der Waals surface area contributed by atoms with Gasteiger partial charge in [-0.1, -0.05) is 0 Å². The first-order valence-corrected chi connectivity index (χ1v) is 6.79. The molecule has 19 heavy (non-hydrogen) atoms. The molecule has 5 heteroatoms. The van der Waals surface area contributed by atoms with Gasteiger partial charge in [0.05, 0.1) is 6.42 Å². The van der Waals surface area contributed by atoms with E-state index in [1.807, 2.05) is 13.0 Å². The van der Waals surface area contributed by atoms with Gasteiger partial charge in [-0.3, -0.25) is 4.79 Å². The Morgan fingerprint density at radius 1 is 1.42 bits per heavy atom. The molecule has 5 nitrogen and oxygen atoms in total. The molecule has 0 unspecified atom stereocenters. The van der Waals surface area contributed by atoms with Gasteiger partial charge in [-0.2, -0.15) is 0 Å². The average Bonchev–Trinajstić information content (AvgIpc) is 2.36. The molecule has 104 valence electrons. The number of carbonyl (C=O) groups is 1. The summed E-state index contributed by atoms with van der Waals surface area (Å²) in [6, 6.07) is 2.04. The van der Waals surface area contributed by atoms with Crippen LogP contribution in [0.1, 0.15) is 42.4 Å². The van der Waals surface area contributed by atoms with Crippen molar-refractivity contribution < 1.29 is 9.90 Å². The van der Waals surface area contributed by atoms with Gasteiger partial charge in [-0.05, 0) is 46.0 Å². The Morgan fingerprint density at radius 3 is 2.74 bits per heavy atom. The lowest BCUT2D eigenvalue weighted by Crippen LogP contribution is -2.29. The highest BCUT2D eigenvalue weighted by molar-refractivity contribution is 5.66. The topological polar surface area (TPSA) is 66.3 Å². The van der Waals surface area contributed by atoms with Crippen molar-refractivity contribution in [2.45, 2.75) is 38.5 Å². The van der Waals surface area contributed by atoms with E-state index in [1.165, 1.54) is 0 Å². The number of carboxylic acids is 1. The summed E-state index contributed by atoms with van der Waals surface area (Å²) in [5, 5.41) is 8.73. The Hall–Kier alpha value is -1.49. The maximum Gasteiger partial charge on any atom is 0.303 e. The van der Waals surface area contributed by atoms with E-state index in [0.717, 1.165) is 37.3 Å². The van der Waals surface area contributed by atoms with E-state index in [4.69, 9.17) is 5.11 Å². The molecule has 2 heterocycles. The first kappa shape index (κ1) is 13.9. The van der Waals surface area contributed by atoms with Crippen molar-refractivity contribution in [1.82, 2.24) is 14.9 Å². The first-order chi connectivity index (χ1) is 9.04. The van der Waals surface area contributed by atoms with Gasteiger partial charge in [0.1, 0.15) is 5.82 Å². The summed E-state index contributed by atoms with van der Waals surface area (Å²) >= 11 is 0. The minimum atomic E-state index is -0.800. The zero-order chi connectivity index (χ0) is 13.8. The lowest BCUT2D eigenvalue weighted by Gasteiger charge is -2.28. The molecule has 1 N–H and O–H groups in total. The van der Waals surface area contributed by atoms with E-state index in [9.17, 15) is 4.79 Å². The van der Waals surface area contributed by atoms with Crippen LogP contribution >= 0.6 is 0 Å². The predicted octanol–water partition coefficient (Wildman–Crippen LogP) is 1.61. The number of piperidine rings is 1. The van der Waals surface area contributed by atoms with Crippen molar-refractivity contribution in [3.05, 3.63) is 23.3 Å². The van der Waals surface area contributed by atoms with E-state index >= 15 is 0 Å². The van der Waals surface area contributed by atoms with Gasteiger partial charge in [0.2, 0.25) is 0 Å². The van der Waals surface area contributed by atoms with Gasteiger partial charge >= 0.3 is 5.97 Å². The van der Waals surface area contributed by atoms with Crippen LogP contribution in [0.4, 0.5) is 0 Å². The third-order valence-electron chi connectivity index (χ3n) is 3.62. The lowest BCUT2D eigenvalue weighted by atomic mass is 9.93. The van der Waals surface area contributed by atoms with Crippen LogP contribution in [-0.2, 0) is 11.2 Å². The standard InChI is InChI=1S/C14H21N3O2/c1-10-9-12(11-5-7-17(2)8-6-11)16-13(15-10)3-4-14(18)19/h9,11H,3-8H2,1-2H3,(H,18,19). The molecular weight excluding hydrogens is 242 g/mol. The SMILES string of the molecule is Cc1cc(C2CCN(C)CC2)nc(CCC(=O)O)n1. The fourth-order valence-corrected chi connectivity index (χ4v) is 2.50. The van der Waals surface area contributed by atoms with Crippen molar-refractivity contribution in [3.63, 3.8) is 0 Å². The Kier molecular flexibility index (Phi) is 4.47. The van der Waals surface area contributed by atoms with E-state index in [-0.39, 0.29) is 6.42 Å². The quantitative estimate of drug-likeness (QED) is 0.894. The third kappa shape index (κ3) is 3.99. The van der Waals surface area contributed by atoms with Crippen molar-refractivity contribution in [3.8, 4) is 0 Å². The fourth-order valence-electron chi connectivity index (χ4n) is 2.50. The number of likely N-dealkylation sites (tertiary alicyclic amines) is 1. The molecule has 1 aliphatic rings. The van der Waals surface area contributed by atoms with Crippen LogP contribution in [0.2, 0.25) is 0 Å². The molecule has 0 atom stereocenters. The Balaban J connectivity index is 2.09. The lowest BCUT2D eigenvalue weighted by molar-refractivity contribution is -0.137. The number of hydrogen-bond acceptors (Lipinski definition) is 4. The molecule has 0 aliphatic carbocycles. The van der Waals surface area contributed by atoms with E-state index in [0.29, 0.717) is 18.2 Å². The number of aliphatic carboxylic acids is 1. The fraction of sp³-hybridized carbons (Fsp3) is 0.643. The van der Waals surface area contributed by atoms with Crippen LogP contribution in [0.25, 0.3) is 0 Å². The number of aryl methyl sites for hydroxylation is 2. The number of aromatic nitrogens is 2. The highest BCUT2D eigenvalue weighted by atomic mass is 16.4. The minimum Gasteiger partial charge on any atom is -0.481 e. The van der Waals surface area contributed by atoms with Gasteiger partial charge in [0.25, 0.3) is 0 Å². The summed E-state index contributed by atoms with van der Waals surface area (Å²) < 4.78 is 0. The molecule has 0 amide bonds. The molecule has 0 radical (unpaired) electrons. The van der Waals surface area contributed by atoms with Crippen molar-refractivity contribution in [1.29, 1.82) is 0 Å². The smallest absolute Gasteiger partial charge is 0.303 e. The normalized spacial score (nSPS) is 17.6. The van der Waals surface area contributed by atoms with Crippen LogP contribution in [-0.4, -0.2) is 46.1 Å². The highest BCUT2D eigenvalue weighted by Gasteiger charge is 2.20. The molecule has 0 saturated carbocycles. The van der Waals surface area contributed by atoms with Gasteiger partial charge in [0, 0.05) is 23.7 Å². The Bertz CT molecular complexity index is 454. The van der Waals surface area contributed by atoms with Crippen molar-refractivity contribution >= 4 is 5.97 Å². The summed E-state index contributed by atoms with van der Waals surface area (Å²) in [7, 11) is 2.14. The summed E-state index contributed by atoms with van der Waals surface area (Å²) in [5.41, 5.74) is 2.02. The Labute approximate surface area is 113 Å². The van der Waals surface area contributed by atoms with Crippen LogP contribution < -0.4 is 0 Å². The van der Waals surface area contributed by atoms with E-state index in [1.54, 1.807) is 0 Å². The zero-order valence-electron chi connectivity index (χ0n) is 11.6. The molecule has 1 aliphatic heterocycles. The third-order valence-corrected chi connectivity index (χ3v) is 3.62. The predicted molar refractivity (Wildman–Crippen MR) is 72.2 cm³/mol. The summed E-state index contributed by atoms with van der Waals surface area (Å²) in [5.74, 6) is 0.351. The molecule has 1 aromatic rings. The van der Waals surface area contributed by atoms with Crippen molar-refractivity contribution in [2.24, 2.45) is 0 Å². The molecule has 0 aromatic carbocycles. The molecule has 1 fully saturated rings. The summed E-state index contributed by atoms with van der Waals surface area (Å²) in [4.78, 5) is 21.8. The molecule has 0 bridgehead atoms. The molecule has 1 saturated heterocycles. The monoisotopic (exact) mass is 263 g/mol. The van der Waals surface area contributed by atoms with E-state index < -0.39 is 5.97 Å². The maximum atomic E-state index is 10.6. The van der Waals surface area contributed by atoms with Crippen LogP contribution in [0.15, 0.2) is 6.07 Å². The number of carboxylic acid groups (broad SMARTS) is 1. The van der Waals surface area contributed by atoms with Crippen LogP contribution in [0.3, 0.4) is 0 Å². The molecule has 1 aromatic heterocycles. The minimum absolute atomic E-state index is 0.0935. The van der Waals surface area contributed by atoms with Crippen LogP contribution in [0.5, 0.6) is 0 Å². The number of rotatable bonds is 4. The Morgan fingerprint density at radius 2 is 2.11 bits per heavy atom.